The number of furan rings is 1. The molecule has 2 amide bonds. The van der Waals surface area contributed by atoms with Crippen LogP contribution in [0.25, 0.3) is 0 Å². The van der Waals surface area contributed by atoms with Crippen LogP contribution in [0.3, 0.4) is 0 Å². The number of carbonyl (C=O) groups excluding carboxylic acids is 1. The zero-order valence-corrected chi connectivity index (χ0v) is 11.4. The van der Waals surface area contributed by atoms with Gasteiger partial charge in [-0.25, -0.2) is 4.79 Å². The van der Waals surface area contributed by atoms with Gasteiger partial charge in [-0.1, -0.05) is 12.8 Å². The van der Waals surface area contributed by atoms with Crippen molar-refractivity contribution in [1.82, 2.24) is 9.80 Å². The van der Waals surface area contributed by atoms with Gasteiger partial charge in [0, 0.05) is 19.6 Å². The second-order valence-corrected chi connectivity index (χ2v) is 5.55. The summed E-state index contributed by atoms with van der Waals surface area (Å²) in [4.78, 5) is 16.7. The number of hydrogen-bond acceptors (Lipinski definition) is 2. The molecule has 0 radical (unpaired) electrons. The van der Waals surface area contributed by atoms with E-state index in [-0.39, 0.29) is 12.1 Å². The van der Waals surface area contributed by atoms with Gasteiger partial charge < -0.3 is 14.2 Å². The Labute approximate surface area is 114 Å². The van der Waals surface area contributed by atoms with Crippen LogP contribution >= 0.6 is 0 Å². The molecule has 3 rings (SSSR count). The fraction of sp³-hybridized carbons (Fsp3) is 0.667. The third kappa shape index (κ3) is 2.62. The molecule has 4 nitrogen and oxygen atoms in total. The second kappa shape index (κ2) is 5.68. The minimum atomic E-state index is 0.130. The van der Waals surface area contributed by atoms with Crippen molar-refractivity contribution in [2.45, 2.75) is 44.6 Å². The van der Waals surface area contributed by atoms with Crippen LogP contribution < -0.4 is 0 Å². The number of nitrogens with zero attached hydrogens (tertiary/aromatic N) is 2. The molecule has 0 aliphatic carbocycles. The minimum Gasteiger partial charge on any atom is -0.467 e. The number of hydrogen-bond donors (Lipinski definition) is 0. The van der Waals surface area contributed by atoms with Crippen molar-refractivity contribution in [3.05, 3.63) is 24.2 Å². The Kier molecular flexibility index (Phi) is 3.76. The van der Waals surface area contributed by atoms with Gasteiger partial charge in [0.2, 0.25) is 0 Å². The minimum absolute atomic E-state index is 0.130. The SMILES string of the molecule is O=C(N1CCCC1)N1CCCCC[C@H]1c1ccco1. The molecule has 2 fully saturated rings. The molecule has 2 saturated heterocycles. The van der Waals surface area contributed by atoms with Crippen molar-refractivity contribution in [2.75, 3.05) is 19.6 Å². The number of likely N-dealkylation sites (tertiary alicyclic amines) is 2. The summed E-state index contributed by atoms with van der Waals surface area (Å²) in [6.07, 6.45) is 8.51. The summed E-state index contributed by atoms with van der Waals surface area (Å²) in [6.45, 7) is 2.70. The highest BCUT2D eigenvalue weighted by atomic mass is 16.3. The largest absolute Gasteiger partial charge is 0.467 e. The van der Waals surface area contributed by atoms with Crippen LogP contribution in [0.1, 0.15) is 50.3 Å². The molecule has 0 bridgehead atoms. The Hall–Kier alpha value is -1.45. The average Bonchev–Trinajstić information content (AvgIpc) is 3.08. The van der Waals surface area contributed by atoms with Gasteiger partial charge in [0.1, 0.15) is 5.76 Å². The number of carbonyl (C=O) groups is 1. The maximum Gasteiger partial charge on any atom is 0.320 e. The highest BCUT2D eigenvalue weighted by molar-refractivity contribution is 5.75. The predicted octanol–water partition coefficient (Wildman–Crippen LogP) is 3.41. The van der Waals surface area contributed by atoms with E-state index in [1.165, 1.54) is 12.8 Å². The molecule has 0 N–H and O–H groups in total. The fourth-order valence-corrected chi connectivity index (χ4v) is 3.20. The second-order valence-electron chi connectivity index (χ2n) is 5.55. The maximum atomic E-state index is 12.7. The highest BCUT2D eigenvalue weighted by Gasteiger charge is 2.32. The summed E-state index contributed by atoms with van der Waals surface area (Å²) >= 11 is 0. The standard InChI is InChI=1S/C15H22N2O2/c18-15(16-9-4-5-10-16)17-11-3-1-2-7-13(17)14-8-6-12-19-14/h6,8,12-13H,1-5,7,9-11H2/t13-/m0/s1. The molecule has 1 aromatic heterocycles. The highest BCUT2D eigenvalue weighted by Crippen LogP contribution is 2.31. The van der Waals surface area contributed by atoms with E-state index in [0.29, 0.717) is 0 Å². The summed E-state index contributed by atoms with van der Waals surface area (Å²) in [5.41, 5.74) is 0. The molecule has 4 heteroatoms. The molecular formula is C15H22N2O2. The Morgan fingerprint density at radius 1 is 1.11 bits per heavy atom. The molecule has 3 heterocycles. The first-order chi connectivity index (χ1) is 9.36. The first-order valence-corrected chi connectivity index (χ1v) is 7.45. The lowest BCUT2D eigenvalue weighted by atomic mass is 10.1. The zero-order valence-electron chi connectivity index (χ0n) is 11.4. The van der Waals surface area contributed by atoms with Crippen molar-refractivity contribution < 1.29 is 9.21 Å². The first-order valence-electron chi connectivity index (χ1n) is 7.45. The van der Waals surface area contributed by atoms with Crippen molar-refractivity contribution in [3.8, 4) is 0 Å². The van der Waals surface area contributed by atoms with Gasteiger partial charge in [-0.05, 0) is 37.8 Å². The lowest BCUT2D eigenvalue weighted by molar-refractivity contribution is 0.135. The van der Waals surface area contributed by atoms with Gasteiger partial charge in [0.05, 0.1) is 12.3 Å². The summed E-state index contributed by atoms with van der Waals surface area (Å²) in [7, 11) is 0. The third-order valence-electron chi connectivity index (χ3n) is 4.25. The van der Waals surface area contributed by atoms with Crippen LogP contribution in [0.15, 0.2) is 22.8 Å². The number of urea groups is 1. The van der Waals surface area contributed by atoms with Gasteiger partial charge in [-0.2, -0.15) is 0 Å². The van der Waals surface area contributed by atoms with Gasteiger partial charge in [0.25, 0.3) is 0 Å². The van der Waals surface area contributed by atoms with Gasteiger partial charge in [-0.3, -0.25) is 0 Å². The van der Waals surface area contributed by atoms with Crippen molar-refractivity contribution in [1.29, 1.82) is 0 Å². The lowest BCUT2D eigenvalue weighted by Crippen LogP contribution is -2.43. The van der Waals surface area contributed by atoms with Gasteiger partial charge in [0.15, 0.2) is 0 Å². The maximum absolute atomic E-state index is 12.7. The topological polar surface area (TPSA) is 36.7 Å². The molecule has 1 aromatic rings. The van der Waals surface area contributed by atoms with E-state index in [2.05, 4.69) is 0 Å². The fourth-order valence-electron chi connectivity index (χ4n) is 3.20. The molecule has 0 aromatic carbocycles. The monoisotopic (exact) mass is 262 g/mol. The molecule has 1 atom stereocenters. The molecule has 0 unspecified atom stereocenters. The van der Waals surface area contributed by atoms with Crippen LogP contribution in [-0.4, -0.2) is 35.5 Å². The quantitative estimate of drug-likeness (QED) is 0.777. The van der Waals surface area contributed by atoms with Crippen LogP contribution in [0, 0.1) is 0 Å². The van der Waals surface area contributed by atoms with E-state index < -0.39 is 0 Å². The van der Waals surface area contributed by atoms with Gasteiger partial charge >= 0.3 is 6.03 Å². The number of amides is 2. The Morgan fingerprint density at radius 3 is 2.63 bits per heavy atom. The Bertz CT molecular complexity index is 410. The van der Waals surface area contributed by atoms with Gasteiger partial charge in [-0.15, -0.1) is 0 Å². The normalized spacial score (nSPS) is 24.5. The van der Waals surface area contributed by atoms with Crippen molar-refractivity contribution in [2.24, 2.45) is 0 Å². The van der Waals surface area contributed by atoms with E-state index in [9.17, 15) is 4.79 Å². The van der Waals surface area contributed by atoms with Crippen LogP contribution in [0.4, 0.5) is 4.79 Å². The molecule has 19 heavy (non-hydrogen) atoms. The summed E-state index contributed by atoms with van der Waals surface area (Å²) < 4.78 is 5.56. The smallest absolute Gasteiger partial charge is 0.320 e. The summed E-state index contributed by atoms with van der Waals surface area (Å²) in [5, 5.41) is 0. The van der Waals surface area contributed by atoms with Crippen molar-refractivity contribution in [3.63, 3.8) is 0 Å². The summed E-state index contributed by atoms with van der Waals surface area (Å²) in [6, 6.07) is 4.25. The third-order valence-corrected chi connectivity index (χ3v) is 4.25. The summed E-state index contributed by atoms with van der Waals surface area (Å²) in [5.74, 6) is 0.939. The Morgan fingerprint density at radius 2 is 1.89 bits per heavy atom. The van der Waals surface area contributed by atoms with E-state index in [1.807, 2.05) is 21.9 Å². The molecule has 2 aliphatic rings. The van der Waals surface area contributed by atoms with E-state index >= 15 is 0 Å². The average molecular weight is 262 g/mol. The van der Waals surface area contributed by atoms with Crippen LogP contribution in [0.2, 0.25) is 0 Å². The lowest BCUT2D eigenvalue weighted by Gasteiger charge is -2.32. The molecule has 0 saturated carbocycles. The zero-order chi connectivity index (χ0) is 13.1. The van der Waals surface area contributed by atoms with E-state index in [4.69, 9.17) is 4.42 Å². The van der Waals surface area contributed by atoms with E-state index in [1.54, 1.807) is 6.26 Å². The van der Waals surface area contributed by atoms with Crippen molar-refractivity contribution >= 4 is 6.03 Å². The molecule has 0 spiro atoms. The predicted molar refractivity (Wildman–Crippen MR) is 72.8 cm³/mol. The van der Waals surface area contributed by atoms with Crippen LogP contribution in [0.5, 0.6) is 0 Å². The molecular weight excluding hydrogens is 240 g/mol. The van der Waals surface area contributed by atoms with Crippen LogP contribution in [-0.2, 0) is 0 Å². The van der Waals surface area contributed by atoms with E-state index in [0.717, 1.165) is 51.1 Å². The Balaban J connectivity index is 1.79. The molecule has 2 aliphatic heterocycles. The molecule has 104 valence electrons. The first kappa shape index (κ1) is 12.6. The number of rotatable bonds is 1.